The van der Waals surface area contributed by atoms with E-state index < -0.39 is 0 Å². The first kappa shape index (κ1) is 21.1. The van der Waals surface area contributed by atoms with Gasteiger partial charge >= 0.3 is 5.97 Å². The number of esters is 1. The van der Waals surface area contributed by atoms with Crippen molar-refractivity contribution in [1.82, 2.24) is 0 Å². The van der Waals surface area contributed by atoms with Crippen LogP contribution in [-0.2, 0) is 24.2 Å². The third-order valence-electron chi connectivity index (χ3n) is 4.82. The molecule has 0 heterocycles. The van der Waals surface area contributed by atoms with Gasteiger partial charge in [0.25, 0.3) is 0 Å². The maximum absolute atomic E-state index is 11.5. The lowest BCUT2D eigenvalue weighted by Gasteiger charge is -2.13. The Bertz CT molecular complexity index is 982. The SMILES string of the molecule is COC(=O)c1ccc(CCCc2cc(C=NO)ccc2OCc2ccccc2)cc1. The molecule has 0 amide bonds. The van der Waals surface area contributed by atoms with Gasteiger partial charge in [-0.3, -0.25) is 0 Å². The van der Waals surface area contributed by atoms with Crippen molar-refractivity contribution in [2.75, 3.05) is 7.11 Å². The summed E-state index contributed by atoms with van der Waals surface area (Å²) < 4.78 is 10.8. The Labute approximate surface area is 176 Å². The maximum Gasteiger partial charge on any atom is 0.337 e. The molecule has 0 aliphatic heterocycles. The van der Waals surface area contributed by atoms with Crippen LogP contribution in [0.4, 0.5) is 0 Å². The van der Waals surface area contributed by atoms with Crippen LogP contribution < -0.4 is 4.74 Å². The van der Waals surface area contributed by atoms with Gasteiger partial charge in [-0.1, -0.05) is 47.6 Å². The van der Waals surface area contributed by atoms with E-state index in [0.29, 0.717) is 12.2 Å². The molecule has 0 bridgehead atoms. The van der Waals surface area contributed by atoms with Gasteiger partial charge in [-0.15, -0.1) is 0 Å². The number of aryl methyl sites for hydroxylation is 2. The van der Waals surface area contributed by atoms with Gasteiger partial charge in [0.2, 0.25) is 0 Å². The van der Waals surface area contributed by atoms with E-state index in [1.807, 2.05) is 60.7 Å². The summed E-state index contributed by atoms with van der Waals surface area (Å²) in [6.45, 7) is 0.496. The largest absolute Gasteiger partial charge is 0.489 e. The molecule has 0 saturated heterocycles. The van der Waals surface area contributed by atoms with Gasteiger partial charge < -0.3 is 14.7 Å². The van der Waals surface area contributed by atoms with E-state index >= 15 is 0 Å². The minimum absolute atomic E-state index is 0.330. The minimum atomic E-state index is -0.330. The van der Waals surface area contributed by atoms with Crippen LogP contribution in [0, 0.1) is 0 Å². The third-order valence-corrected chi connectivity index (χ3v) is 4.82. The van der Waals surface area contributed by atoms with Crippen LogP contribution in [0.15, 0.2) is 78.0 Å². The second kappa shape index (κ2) is 10.8. The van der Waals surface area contributed by atoms with Crippen molar-refractivity contribution in [2.24, 2.45) is 5.16 Å². The van der Waals surface area contributed by atoms with Crippen LogP contribution in [0.2, 0.25) is 0 Å². The maximum atomic E-state index is 11.5. The van der Waals surface area contributed by atoms with Crippen molar-refractivity contribution < 1.29 is 19.5 Å². The molecule has 0 spiro atoms. The zero-order chi connectivity index (χ0) is 21.2. The van der Waals surface area contributed by atoms with E-state index in [2.05, 4.69) is 5.16 Å². The number of ether oxygens (including phenoxy) is 2. The van der Waals surface area contributed by atoms with E-state index in [1.54, 1.807) is 12.1 Å². The molecule has 1 N–H and O–H groups in total. The molecule has 30 heavy (non-hydrogen) atoms. The van der Waals surface area contributed by atoms with Crippen molar-refractivity contribution in [3.05, 3.63) is 101 Å². The number of nitrogens with zero attached hydrogens (tertiary/aromatic N) is 1. The summed E-state index contributed by atoms with van der Waals surface area (Å²) in [5.41, 5.74) is 4.70. The molecule has 0 aliphatic rings. The lowest BCUT2D eigenvalue weighted by atomic mass is 10.0. The summed E-state index contributed by atoms with van der Waals surface area (Å²) in [5.74, 6) is 0.499. The first-order valence-corrected chi connectivity index (χ1v) is 9.84. The first-order valence-electron chi connectivity index (χ1n) is 9.84. The predicted octanol–water partition coefficient (Wildman–Crippen LogP) is 5.04. The Kier molecular flexibility index (Phi) is 7.61. The number of hydrogen-bond donors (Lipinski definition) is 1. The quantitative estimate of drug-likeness (QED) is 0.235. The average molecular weight is 403 g/mol. The molecule has 0 unspecified atom stereocenters. The molecule has 0 aromatic heterocycles. The highest BCUT2D eigenvalue weighted by atomic mass is 16.5. The molecule has 3 aromatic rings. The number of benzene rings is 3. The van der Waals surface area contributed by atoms with Crippen LogP contribution in [0.3, 0.4) is 0 Å². The lowest BCUT2D eigenvalue weighted by Crippen LogP contribution is -2.02. The molecule has 0 radical (unpaired) electrons. The van der Waals surface area contributed by atoms with Gasteiger partial charge in [-0.2, -0.15) is 0 Å². The zero-order valence-corrected chi connectivity index (χ0v) is 17.0. The molecule has 3 aromatic carbocycles. The van der Waals surface area contributed by atoms with Gasteiger partial charge in [0.15, 0.2) is 0 Å². The van der Waals surface area contributed by atoms with Crippen LogP contribution in [0.25, 0.3) is 0 Å². The molecule has 0 atom stereocenters. The summed E-state index contributed by atoms with van der Waals surface area (Å²) in [6, 6.07) is 23.3. The zero-order valence-electron chi connectivity index (χ0n) is 17.0. The minimum Gasteiger partial charge on any atom is -0.489 e. The number of oxime groups is 1. The van der Waals surface area contributed by atoms with Crippen LogP contribution >= 0.6 is 0 Å². The topological polar surface area (TPSA) is 68.1 Å². The molecule has 0 fully saturated rings. The summed E-state index contributed by atoms with van der Waals surface area (Å²) >= 11 is 0. The Morgan fingerprint density at radius 3 is 2.43 bits per heavy atom. The molecule has 0 aliphatic carbocycles. The highest BCUT2D eigenvalue weighted by Crippen LogP contribution is 2.23. The fourth-order valence-corrected chi connectivity index (χ4v) is 3.23. The number of rotatable bonds is 9. The van der Waals surface area contributed by atoms with Gasteiger partial charge in [-0.05, 0) is 71.8 Å². The highest BCUT2D eigenvalue weighted by molar-refractivity contribution is 5.89. The van der Waals surface area contributed by atoms with E-state index in [4.69, 9.17) is 14.7 Å². The Hall–Kier alpha value is -3.60. The van der Waals surface area contributed by atoms with E-state index in [-0.39, 0.29) is 5.97 Å². The van der Waals surface area contributed by atoms with Crippen molar-refractivity contribution in [1.29, 1.82) is 0 Å². The van der Waals surface area contributed by atoms with Gasteiger partial charge in [-0.25, -0.2) is 4.79 Å². The Balaban J connectivity index is 1.65. The average Bonchev–Trinajstić information content (AvgIpc) is 2.79. The van der Waals surface area contributed by atoms with E-state index in [1.165, 1.54) is 13.3 Å². The Morgan fingerprint density at radius 1 is 0.967 bits per heavy atom. The smallest absolute Gasteiger partial charge is 0.337 e. The summed E-state index contributed by atoms with van der Waals surface area (Å²) in [4.78, 5) is 11.5. The van der Waals surface area contributed by atoms with Crippen molar-refractivity contribution in [2.45, 2.75) is 25.9 Å². The second-order valence-corrected chi connectivity index (χ2v) is 6.93. The Morgan fingerprint density at radius 2 is 1.73 bits per heavy atom. The number of carbonyl (C=O) groups is 1. The summed E-state index contributed by atoms with van der Waals surface area (Å²) in [6.07, 6.45) is 4.02. The molecule has 5 nitrogen and oxygen atoms in total. The van der Waals surface area contributed by atoms with E-state index in [0.717, 1.165) is 47.3 Å². The lowest BCUT2D eigenvalue weighted by molar-refractivity contribution is 0.0600. The molecular weight excluding hydrogens is 378 g/mol. The van der Waals surface area contributed by atoms with E-state index in [9.17, 15) is 4.79 Å². The molecule has 5 heteroatoms. The summed E-state index contributed by atoms with van der Waals surface area (Å²) in [5, 5.41) is 12.0. The molecule has 0 saturated carbocycles. The normalized spacial score (nSPS) is 10.8. The van der Waals surface area contributed by atoms with Gasteiger partial charge in [0, 0.05) is 0 Å². The van der Waals surface area contributed by atoms with Crippen molar-refractivity contribution >= 4 is 12.2 Å². The van der Waals surface area contributed by atoms with Crippen LogP contribution in [0.5, 0.6) is 5.75 Å². The van der Waals surface area contributed by atoms with Gasteiger partial charge in [0.05, 0.1) is 18.9 Å². The van der Waals surface area contributed by atoms with Crippen LogP contribution in [-0.4, -0.2) is 24.5 Å². The number of carbonyl (C=O) groups excluding carboxylic acids is 1. The predicted molar refractivity (Wildman–Crippen MR) is 116 cm³/mol. The number of methoxy groups -OCH3 is 1. The third kappa shape index (κ3) is 5.95. The second-order valence-electron chi connectivity index (χ2n) is 6.93. The molecule has 3 rings (SSSR count). The van der Waals surface area contributed by atoms with Crippen LogP contribution in [0.1, 0.15) is 39.0 Å². The highest BCUT2D eigenvalue weighted by Gasteiger charge is 2.08. The fourth-order valence-electron chi connectivity index (χ4n) is 3.23. The number of hydrogen-bond acceptors (Lipinski definition) is 5. The first-order chi connectivity index (χ1) is 14.7. The fraction of sp³-hybridized carbons (Fsp3) is 0.200. The molecular formula is C25H25NO4. The van der Waals surface area contributed by atoms with Crippen molar-refractivity contribution in [3.63, 3.8) is 0 Å². The molecule has 154 valence electrons. The van der Waals surface area contributed by atoms with Gasteiger partial charge in [0.1, 0.15) is 12.4 Å². The van der Waals surface area contributed by atoms with Crippen molar-refractivity contribution in [3.8, 4) is 5.75 Å². The standard InChI is InChI=1S/C25H25NO4/c1-29-25(27)22-13-10-19(11-14-22)8-5-9-23-16-21(17-26-28)12-15-24(23)30-18-20-6-3-2-4-7-20/h2-4,6-7,10-17,28H,5,8-9,18H2,1H3. The summed E-state index contributed by atoms with van der Waals surface area (Å²) in [7, 11) is 1.38. The monoisotopic (exact) mass is 403 g/mol.